The van der Waals surface area contributed by atoms with Crippen molar-refractivity contribution >= 4 is 22.9 Å². The molecule has 2 aromatic heterocycles. The van der Waals surface area contributed by atoms with Crippen molar-refractivity contribution in [1.82, 2.24) is 18.7 Å². The van der Waals surface area contributed by atoms with Crippen LogP contribution in [0.4, 0.5) is 0 Å². The molecule has 138 valence electrons. The number of hydrogen-bond acceptors (Lipinski definition) is 4. The quantitative estimate of drug-likeness (QED) is 0.598. The molecule has 0 unspecified atom stereocenters. The van der Waals surface area contributed by atoms with Crippen molar-refractivity contribution < 1.29 is 0 Å². The van der Waals surface area contributed by atoms with Crippen LogP contribution in [0.1, 0.15) is 25.3 Å². The topological polar surface area (TPSA) is 61.8 Å². The van der Waals surface area contributed by atoms with Crippen LogP contribution in [0.3, 0.4) is 0 Å². The molecule has 0 spiro atoms. The largest absolute Gasteiger partial charge is 0.332 e. The standard InChI is InChI=1S/C19H24N4O2S/c1-4-13-26-18-20-16-15(17(24)22(3)19(25)21(16)2)23(18)12-8-11-14-9-6-5-7-10-14/h5-7,9-10H,4,8,11-13H2,1-3H3. The molecule has 6 nitrogen and oxygen atoms in total. The Morgan fingerprint density at radius 3 is 2.50 bits per heavy atom. The van der Waals surface area contributed by atoms with Gasteiger partial charge in [0.15, 0.2) is 16.3 Å². The lowest BCUT2D eigenvalue weighted by molar-refractivity contribution is 0.605. The first-order valence-electron chi connectivity index (χ1n) is 8.87. The van der Waals surface area contributed by atoms with Crippen molar-refractivity contribution in [1.29, 1.82) is 0 Å². The lowest BCUT2D eigenvalue weighted by Crippen LogP contribution is -2.37. The predicted molar refractivity (Wildman–Crippen MR) is 106 cm³/mol. The van der Waals surface area contributed by atoms with Crippen molar-refractivity contribution in [2.45, 2.75) is 37.9 Å². The monoisotopic (exact) mass is 372 g/mol. The first kappa shape index (κ1) is 18.5. The zero-order chi connectivity index (χ0) is 18.7. The summed E-state index contributed by atoms with van der Waals surface area (Å²) in [7, 11) is 3.18. The van der Waals surface area contributed by atoms with E-state index in [4.69, 9.17) is 0 Å². The molecule has 0 saturated carbocycles. The summed E-state index contributed by atoms with van der Waals surface area (Å²) in [5.74, 6) is 0.927. The van der Waals surface area contributed by atoms with Crippen LogP contribution < -0.4 is 11.2 Å². The van der Waals surface area contributed by atoms with Crippen molar-refractivity contribution in [3.63, 3.8) is 0 Å². The van der Waals surface area contributed by atoms with Gasteiger partial charge in [-0.1, -0.05) is 49.0 Å². The molecule has 2 heterocycles. The van der Waals surface area contributed by atoms with Gasteiger partial charge in [-0.05, 0) is 24.8 Å². The summed E-state index contributed by atoms with van der Waals surface area (Å²) >= 11 is 1.64. The molecule has 3 aromatic rings. The minimum absolute atomic E-state index is 0.279. The maximum atomic E-state index is 12.7. The minimum Gasteiger partial charge on any atom is -0.313 e. The fourth-order valence-corrected chi connectivity index (χ4v) is 3.90. The van der Waals surface area contributed by atoms with E-state index in [2.05, 4.69) is 24.0 Å². The van der Waals surface area contributed by atoms with Gasteiger partial charge in [0.1, 0.15) is 0 Å². The van der Waals surface area contributed by atoms with Gasteiger partial charge in [0.2, 0.25) is 0 Å². The lowest BCUT2D eigenvalue weighted by Gasteiger charge is -2.09. The second-order valence-electron chi connectivity index (χ2n) is 6.36. The second-order valence-corrected chi connectivity index (χ2v) is 7.42. The Balaban J connectivity index is 2.00. The van der Waals surface area contributed by atoms with Gasteiger partial charge < -0.3 is 4.57 Å². The zero-order valence-corrected chi connectivity index (χ0v) is 16.3. The fraction of sp³-hybridized carbons (Fsp3) is 0.421. The van der Waals surface area contributed by atoms with Gasteiger partial charge >= 0.3 is 5.69 Å². The molecule has 0 atom stereocenters. The highest BCUT2D eigenvalue weighted by Crippen LogP contribution is 2.23. The molecule has 0 aliphatic rings. The van der Waals surface area contributed by atoms with Gasteiger partial charge in [0.25, 0.3) is 5.56 Å². The maximum Gasteiger partial charge on any atom is 0.332 e. The van der Waals surface area contributed by atoms with Gasteiger partial charge in [-0.15, -0.1) is 0 Å². The molecule has 7 heteroatoms. The van der Waals surface area contributed by atoms with E-state index < -0.39 is 0 Å². The molecule has 3 rings (SSSR count). The van der Waals surface area contributed by atoms with Crippen molar-refractivity contribution in [3.8, 4) is 0 Å². The van der Waals surface area contributed by atoms with Crippen LogP contribution in [0.5, 0.6) is 0 Å². The number of nitrogens with zero attached hydrogens (tertiary/aromatic N) is 4. The Morgan fingerprint density at radius 1 is 1.08 bits per heavy atom. The number of thioether (sulfide) groups is 1. The molecule has 0 N–H and O–H groups in total. The van der Waals surface area contributed by atoms with Gasteiger partial charge in [-0.3, -0.25) is 13.9 Å². The normalized spacial score (nSPS) is 11.3. The molecule has 26 heavy (non-hydrogen) atoms. The van der Waals surface area contributed by atoms with Crippen LogP contribution in [0.25, 0.3) is 11.2 Å². The average molecular weight is 372 g/mol. The maximum absolute atomic E-state index is 12.7. The SMILES string of the molecule is CCCSc1nc2c(c(=O)n(C)c(=O)n2C)n1CCCc1ccccc1. The second kappa shape index (κ2) is 7.95. The molecule has 1 aromatic carbocycles. The van der Waals surface area contributed by atoms with Crippen LogP contribution in [0, 0.1) is 0 Å². The lowest BCUT2D eigenvalue weighted by atomic mass is 10.1. The number of aromatic nitrogens is 4. The summed E-state index contributed by atoms with van der Waals surface area (Å²) in [6.45, 7) is 2.81. The Labute approximate surface area is 156 Å². The summed E-state index contributed by atoms with van der Waals surface area (Å²) < 4.78 is 4.60. The summed E-state index contributed by atoms with van der Waals surface area (Å²) in [4.78, 5) is 29.5. The van der Waals surface area contributed by atoms with E-state index in [0.29, 0.717) is 17.7 Å². The van der Waals surface area contributed by atoms with Crippen LogP contribution in [0.15, 0.2) is 45.1 Å². The Kier molecular flexibility index (Phi) is 5.66. The van der Waals surface area contributed by atoms with Crippen LogP contribution in [-0.2, 0) is 27.1 Å². The van der Waals surface area contributed by atoms with E-state index in [0.717, 1.165) is 34.7 Å². The summed E-state index contributed by atoms with van der Waals surface area (Å²) in [5.41, 5.74) is 1.64. The van der Waals surface area contributed by atoms with E-state index in [1.807, 2.05) is 22.8 Å². The number of imidazole rings is 1. The highest BCUT2D eigenvalue weighted by molar-refractivity contribution is 7.99. The number of hydrogen-bond donors (Lipinski definition) is 0. The van der Waals surface area contributed by atoms with Crippen LogP contribution >= 0.6 is 11.8 Å². The molecule has 0 bridgehead atoms. The van der Waals surface area contributed by atoms with Crippen molar-refractivity contribution in [2.24, 2.45) is 14.1 Å². The van der Waals surface area contributed by atoms with E-state index in [1.165, 1.54) is 17.2 Å². The summed E-state index contributed by atoms with van der Waals surface area (Å²) in [6, 6.07) is 10.3. The third kappa shape index (κ3) is 3.49. The molecular weight excluding hydrogens is 348 g/mol. The van der Waals surface area contributed by atoms with E-state index >= 15 is 0 Å². The molecule has 0 radical (unpaired) electrons. The third-order valence-corrected chi connectivity index (χ3v) is 5.62. The number of aryl methyl sites for hydroxylation is 3. The smallest absolute Gasteiger partial charge is 0.313 e. The first-order valence-corrected chi connectivity index (χ1v) is 9.86. The van der Waals surface area contributed by atoms with Crippen molar-refractivity contribution in [3.05, 3.63) is 56.7 Å². The average Bonchev–Trinajstić information content (AvgIpc) is 3.02. The predicted octanol–water partition coefficient (Wildman–Crippen LogP) is 2.57. The van der Waals surface area contributed by atoms with E-state index in [-0.39, 0.29) is 11.2 Å². The minimum atomic E-state index is -0.344. The number of fused-ring (bicyclic) bond motifs is 1. The molecule has 0 aliphatic heterocycles. The molecule has 0 saturated heterocycles. The van der Waals surface area contributed by atoms with Crippen LogP contribution in [0.2, 0.25) is 0 Å². The number of rotatable bonds is 7. The van der Waals surface area contributed by atoms with E-state index in [9.17, 15) is 9.59 Å². The highest BCUT2D eigenvalue weighted by atomic mass is 32.2. The number of benzene rings is 1. The molecule has 0 amide bonds. The fourth-order valence-electron chi connectivity index (χ4n) is 3.02. The van der Waals surface area contributed by atoms with Gasteiger partial charge in [-0.25, -0.2) is 9.78 Å². The summed E-state index contributed by atoms with van der Waals surface area (Å²) in [5, 5.41) is 0.813. The Bertz CT molecular complexity index is 1020. The van der Waals surface area contributed by atoms with Crippen LogP contribution in [-0.4, -0.2) is 24.4 Å². The van der Waals surface area contributed by atoms with Gasteiger partial charge in [0, 0.05) is 26.4 Å². The van der Waals surface area contributed by atoms with E-state index in [1.54, 1.807) is 18.8 Å². The molecule has 0 aliphatic carbocycles. The third-order valence-electron chi connectivity index (χ3n) is 4.44. The van der Waals surface area contributed by atoms with Gasteiger partial charge in [0.05, 0.1) is 0 Å². The zero-order valence-electron chi connectivity index (χ0n) is 15.4. The first-order chi connectivity index (χ1) is 12.5. The van der Waals surface area contributed by atoms with Crippen molar-refractivity contribution in [2.75, 3.05) is 5.75 Å². The highest BCUT2D eigenvalue weighted by Gasteiger charge is 2.19. The summed E-state index contributed by atoms with van der Waals surface area (Å²) in [6.07, 6.45) is 2.86. The Morgan fingerprint density at radius 2 is 1.81 bits per heavy atom. The van der Waals surface area contributed by atoms with Gasteiger partial charge in [-0.2, -0.15) is 0 Å². The molecule has 0 fully saturated rings. The molecular formula is C19H24N4O2S. The Hall–Kier alpha value is -2.28.